The van der Waals surface area contributed by atoms with Gasteiger partial charge in [-0.1, -0.05) is 11.6 Å². The van der Waals surface area contributed by atoms with Crippen molar-refractivity contribution in [3.05, 3.63) is 18.6 Å². The molecule has 19 heavy (non-hydrogen) atoms. The lowest BCUT2D eigenvalue weighted by Crippen LogP contribution is -2.57. The van der Waals surface area contributed by atoms with Crippen LogP contribution >= 0.6 is 11.6 Å². The monoisotopic (exact) mass is 285 g/mol. The maximum absolute atomic E-state index is 11.5. The summed E-state index contributed by atoms with van der Waals surface area (Å²) in [5, 5.41) is 3.65. The Labute approximate surface area is 116 Å². The number of ether oxygens (including phenoxy) is 1. The van der Waals surface area contributed by atoms with Gasteiger partial charge in [0, 0.05) is 18.8 Å². The SMILES string of the molecule is CC(C(N)=O)N(c1ccncn1)N1CCOC(Cl)C1. The molecule has 0 aliphatic carbocycles. The summed E-state index contributed by atoms with van der Waals surface area (Å²) in [7, 11) is 0. The van der Waals surface area contributed by atoms with Gasteiger partial charge in [-0.25, -0.2) is 15.0 Å². The van der Waals surface area contributed by atoms with E-state index < -0.39 is 17.5 Å². The molecule has 7 nitrogen and oxygen atoms in total. The van der Waals surface area contributed by atoms with Gasteiger partial charge < -0.3 is 10.5 Å². The second-order valence-electron chi connectivity index (χ2n) is 4.18. The molecule has 0 saturated carbocycles. The zero-order valence-electron chi connectivity index (χ0n) is 10.6. The minimum atomic E-state index is -0.531. The number of primary amides is 1. The van der Waals surface area contributed by atoms with E-state index in [1.807, 2.05) is 5.01 Å². The van der Waals surface area contributed by atoms with Gasteiger partial charge in [-0.3, -0.25) is 9.80 Å². The van der Waals surface area contributed by atoms with Gasteiger partial charge >= 0.3 is 0 Å². The van der Waals surface area contributed by atoms with E-state index in [4.69, 9.17) is 22.1 Å². The highest BCUT2D eigenvalue weighted by atomic mass is 35.5. The van der Waals surface area contributed by atoms with Crippen molar-refractivity contribution in [1.82, 2.24) is 15.0 Å². The fourth-order valence-corrected chi connectivity index (χ4v) is 2.17. The largest absolute Gasteiger partial charge is 0.368 e. The van der Waals surface area contributed by atoms with Crippen molar-refractivity contribution in [2.45, 2.75) is 18.5 Å². The Bertz CT molecular complexity index is 432. The molecule has 1 aromatic rings. The number of nitrogens with zero attached hydrogens (tertiary/aromatic N) is 4. The van der Waals surface area contributed by atoms with Gasteiger partial charge in [0.1, 0.15) is 23.8 Å². The summed E-state index contributed by atoms with van der Waals surface area (Å²) in [5.41, 5.74) is 4.98. The smallest absolute Gasteiger partial charge is 0.241 e. The van der Waals surface area contributed by atoms with Gasteiger partial charge in [0.25, 0.3) is 0 Å². The van der Waals surface area contributed by atoms with Crippen LogP contribution < -0.4 is 10.7 Å². The van der Waals surface area contributed by atoms with Gasteiger partial charge in [-0.2, -0.15) is 0 Å². The summed E-state index contributed by atoms with van der Waals surface area (Å²) in [5.74, 6) is 0.170. The third-order valence-electron chi connectivity index (χ3n) is 2.89. The Kier molecular flexibility index (Phi) is 4.52. The number of rotatable bonds is 4. The van der Waals surface area contributed by atoms with Crippen molar-refractivity contribution in [2.24, 2.45) is 5.73 Å². The highest BCUT2D eigenvalue weighted by Gasteiger charge is 2.30. The van der Waals surface area contributed by atoms with Crippen molar-refractivity contribution in [1.29, 1.82) is 0 Å². The molecule has 0 radical (unpaired) electrons. The fourth-order valence-electron chi connectivity index (χ4n) is 1.92. The average molecular weight is 286 g/mol. The predicted molar refractivity (Wildman–Crippen MR) is 70.3 cm³/mol. The van der Waals surface area contributed by atoms with E-state index in [0.717, 1.165) is 0 Å². The molecule has 8 heteroatoms. The molecule has 1 aromatic heterocycles. The first-order valence-corrected chi connectivity index (χ1v) is 6.38. The second-order valence-corrected chi connectivity index (χ2v) is 4.67. The number of halogens is 1. The van der Waals surface area contributed by atoms with Crippen molar-refractivity contribution >= 4 is 23.3 Å². The molecule has 104 valence electrons. The predicted octanol–water partition coefficient (Wildman–Crippen LogP) is -0.0311. The van der Waals surface area contributed by atoms with Crippen LogP contribution in [0.2, 0.25) is 0 Å². The van der Waals surface area contributed by atoms with Crippen LogP contribution in [0.4, 0.5) is 5.82 Å². The van der Waals surface area contributed by atoms with E-state index in [1.165, 1.54) is 6.33 Å². The zero-order chi connectivity index (χ0) is 13.8. The van der Waals surface area contributed by atoms with Gasteiger partial charge in [-0.15, -0.1) is 0 Å². The minimum absolute atomic E-state index is 0.418. The maximum Gasteiger partial charge on any atom is 0.241 e. The van der Waals surface area contributed by atoms with Gasteiger partial charge in [0.15, 0.2) is 0 Å². The van der Waals surface area contributed by atoms with Crippen LogP contribution in [-0.2, 0) is 9.53 Å². The summed E-state index contributed by atoms with van der Waals surface area (Å²) < 4.78 is 5.28. The molecule has 2 rings (SSSR count). The van der Waals surface area contributed by atoms with Crippen LogP contribution in [0.3, 0.4) is 0 Å². The number of hydrazine groups is 1. The molecular weight excluding hydrogens is 270 g/mol. The van der Waals surface area contributed by atoms with Gasteiger partial charge in [0.2, 0.25) is 5.91 Å². The Hall–Kier alpha value is -1.44. The van der Waals surface area contributed by atoms with Crippen molar-refractivity contribution in [3.63, 3.8) is 0 Å². The quantitative estimate of drug-likeness (QED) is 0.782. The highest BCUT2D eigenvalue weighted by molar-refractivity contribution is 6.19. The molecule has 1 amide bonds. The molecule has 0 aromatic carbocycles. The first-order chi connectivity index (χ1) is 9.09. The number of amides is 1. The number of hydrogen-bond acceptors (Lipinski definition) is 6. The molecule has 2 unspecified atom stereocenters. The Morgan fingerprint density at radius 1 is 1.74 bits per heavy atom. The van der Waals surface area contributed by atoms with Crippen LogP contribution in [0.25, 0.3) is 0 Å². The number of nitrogens with two attached hydrogens (primary N) is 1. The Balaban J connectivity index is 2.26. The van der Waals surface area contributed by atoms with Crippen molar-refractivity contribution in [2.75, 3.05) is 24.7 Å². The normalized spacial score (nSPS) is 21.9. The molecule has 1 saturated heterocycles. The summed E-state index contributed by atoms with van der Waals surface area (Å²) >= 11 is 5.99. The van der Waals surface area contributed by atoms with E-state index >= 15 is 0 Å². The minimum Gasteiger partial charge on any atom is -0.368 e. The maximum atomic E-state index is 11.5. The van der Waals surface area contributed by atoms with E-state index in [9.17, 15) is 4.79 Å². The van der Waals surface area contributed by atoms with Crippen LogP contribution in [0, 0.1) is 0 Å². The lowest BCUT2D eigenvalue weighted by Gasteiger charge is -2.41. The van der Waals surface area contributed by atoms with Gasteiger partial charge in [-0.05, 0) is 6.92 Å². The number of alkyl halides is 1. The molecule has 1 aliphatic heterocycles. The lowest BCUT2D eigenvalue weighted by molar-refractivity contribution is -0.120. The first-order valence-electron chi connectivity index (χ1n) is 5.94. The number of anilines is 1. The van der Waals surface area contributed by atoms with Crippen LogP contribution in [0.1, 0.15) is 6.92 Å². The molecule has 1 aliphatic rings. The topological polar surface area (TPSA) is 84.6 Å². The Morgan fingerprint density at radius 3 is 3.11 bits per heavy atom. The van der Waals surface area contributed by atoms with E-state index in [2.05, 4.69) is 9.97 Å². The number of carbonyl (C=O) groups excluding carboxylic acids is 1. The standard InChI is InChI=1S/C11H16ClN5O2/c1-8(11(13)18)17(10-2-3-14-7-15-10)16-4-5-19-9(12)6-16/h2-3,7-9H,4-6H2,1H3,(H2,13,18). The number of morpholine rings is 1. The lowest BCUT2D eigenvalue weighted by atomic mass is 10.3. The summed E-state index contributed by atoms with van der Waals surface area (Å²) in [6.45, 7) is 3.29. The summed E-state index contributed by atoms with van der Waals surface area (Å²) in [6, 6.07) is 1.19. The number of hydrogen-bond donors (Lipinski definition) is 1. The molecule has 2 N–H and O–H groups in total. The van der Waals surface area contributed by atoms with Crippen LogP contribution in [0.5, 0.6) is 0 Å². The molecular formula is C11H16ClN5O2. The second kappa shape index (κ2) is 6.14. The molecule has 0 spiro atoms. The molecule has 1 fully saturated rings. The first kappa shape index (κ1) is 14.0. The zero-order valence-corrected chi connectivity index (χ0v) is 11.3. The third-order valence-corrected chi connectivity index (χ3v) is 3.15. The molecule has 2 atom stereocenters. The van der Waals surface area contributed by atoms with Crippen molar-refractivity contribution < 1.29 is 9.53 Å². The Morgan fingerprint density at radius 2 is 2.53 bits per heavy atom. The van der Waals surface area contributed by atoms with Gasteiger partial charge in [0.05, 0.1) is 13.2 Å². The summed E-state index contributed by atoms with van der Waals surface area (Å²) in [4.78, 5) is 19.5. The van der Waals surface area contributed by atoms with E-state index in [-0.39, 0.29) is 0 Å². The van der Waals surface area contributed by atoms with E-state index in [1.54, 1.807) is 24.2 Å². The highest BCUT2D eigenvalue weighted by Crippen LogP contribution is 2.19. The fraction of sp³-hybridized carbons (Fsp3) is 0.545. The van der Waals surface area contributed by atoms with Crippen LogP contribution in [0.15, 0.2) is 18.6 Å². The number of aromatic nitrogens is 2. The molecule has 2 heterocycles. The third kappa shape index (κ3) is 3.31. The van der Waals surface area contributed by atoms with Crippen molar-refractivity contribution in [3.8, 4) is 0 Å². The van der Waals surface area contributed by atoms with Crippen LogP contribution in [-0.4, -0.2) is 52.2 Å². The summed E-state index contributed by atoms with van der Waals surface area (Å²) in [6.07, 6.45) is 3.04. The molecule has 0 bridgehead atoms. The average Bonchev–Trinajstić information content (AvgIpc) is 2.40. The number of carbonyl (C=O) groups is 1. The van der Waals surface area contributed by atoms with E-state index in [0.29, 0.717) is 25.5 Å².